The average Bonchev–Trinajstić information content (AvgIpc) is 2.94. The minimum absolute atomic E-state index is 0.0223. The predicted molar refractivity (Wildman–Crippen MR) is 90.1 cm³/mol. The van der Waals surface area contributed by atoms with E-state index in [9.17, 15) is 9.59 Å². The lowest BCUT2D eigenvalue weighted by Crippen LogP contribution is -2.22. The van der Waals surface area contributed by atoms with Crippen LogP contribution in [-0.2, 0) is 12.0 Å². The third kappa shape index (κ3) is 4.16. The van der Waals surface area contributed by atoms with E-state index in [1.165, 1.54) is 17.4 Å². The fourth-order valence-corrected chi connectivity index (χ4v) is 3.04. The minimum Gasteiger partial charge on any atom is -0.478 e. The number of aryl methyl sites for hydroxylation is 1. The Balaban J connectivity index is 2.03. The normalized spacial score (nSPS) is 11.3. The quantitative estimate of drug-likeness (QED) is 0.899. The molecular weight excluding hydrogens is 312 g/mol. The molecule has 0 bridgehead atoms. The van der Waals surface area contributed by atoms with Gasteiger partial charge in [-0.3, -0.25) is 9.78 Å². The third-order valence-corrected chi connectivity index (χ3v) is 4.88. The van der Waals surface area contributed by atoms with Crippen molar-refractivity contribution in [3.8, 4) is 0 Å². The van der Waals surface area contributed by atoms with E-state index in [1.807, 2.05) is 12.1 Å². The molecule has 2 rings (SSSR count). The number of pyridine rings is 1. The number of hydrogen-bond donors (Lipinski definition) is 2. The van der Waals surface area contributed by atoms with Crippen LogP contribution in [0.25, 0.3) is 0 Å². The molecule has 0 aromatic carbocycles. The molecule has 2 aromatic rings. The monoisotopic (exact) mass is 332 g/mol. The third-order valence-electron chi connectivity index (χ3n) is 3.37. The summed E-state index contributed by atoms with van der Waals surface area (Å²) in [5.41, 5.74) is 1.27. The lowest BCUT2D eigenvalue weighted by atomic mass is 9.95. The fourth-order valence-electron chi connectivity index (χ4n) is 2.06. The van der Waals surface area contributed by atoms with E-state index in [2.05, 4.69) is 31.1 Å². The van der Waals surface area contributed by atoms with Crippen molar-refractivity contribution in [1.82, 2.24) is 10.3 Å². The Kier molecular flexibility index (Phi) is 4.85. The van der Waals surface area contributed by atoms with E-state index in [-0.39, 0.29) is 23.4 Å². The number of rotatable bonds is 4. The maximum absolute atomic E-state index is 12.2. The fraction of sp³-hybridized carbons (Fsp3) is 0.353. The van der Waals surface area contributed by atoms with Gasteiger partial charge in [-0.2, -0.15) is 0 Å². The van der Waals surface area contributed by atoms with Crippen LogP contribution in [0.15, 0.2) is 24.3 Å². The van der Waals surface area contributed by atoms with Gasteiger partial charge in [-0.1, -0.05) is 20.8 Å². The van der Waals surface area contributed by atoms with Crippen LogP contribution in [0, 0.1) is 6.92 Å². The number of amides is 1. The smallest absolute Gasteiger partial charge is 0.337 e. The summed E-state index contributed by atoms with van der Waals surface area (Å²) in [5.74, 6) is -1.15. The zero-order valence-electron chi connectivity index (χ0n) is 13.6. The van der Waals surface area contributed by atoms with Crippen molar-refractivity contribution in [2.24, 2.45) is 0 Å². The van der Waals surface area contributed by atoms with Crippen LogP contribution in [0.5, 0.6) is 0 Å². The lowest BCUT2D eigenvalue weighted by Gasteiger charge is -2.15. The number of aromatic nitrogens is 1. The number of nitrogens with zero attached hydrogens (tertiary/aromatic N) is 1. The number of carbonyl (C=O) groups excluding carboxylic acids is 1. The van der Waals surface area contributed by atoms with Crippen LogP contribution < -0.4 is 5.32 Å². The lowest BCUT2D eigenvalue weighted by molar-refractivity contribution is 0.0695. The van der Waals surface area contributed by atoms with Crippen LogP contribution in [0.3, 0.4) is 0 Å². The number of hydrogen-bond acceptors (Lipinski definition) is 4. The Morgan fingerprint density at radius 2 is 1.91 bits per heavy atom. The van der Waals surface area contributed by atoms with Crippen molar-refractivity contribution in [3.05, 3.63) is 51.0 Å². The first kappa shape index (κ1) is 17.1. The van der Waals surface area contributed by atoms with Gasteiger partial charge in [-0.15, -0.1) is 11.3 Å². The van der Waals surface area contributed by atoms with Crippen LogP contribution in [0.2, 0.25) is 0 Å². The summed E-state index contributed by atoms with van der Waals surface area (Å²) < 4.78 is 0. The zero-order chi connectivity index (χ0) is 17.2. The summed E-state index contributed by atoms with van der Waals surface area (Å²) in [6.45, 7) is 8.23. The summed E-state index contributed by atoms with van der Waals surface area (Å²) in [6, 6.07) is 6.93. The van der Waals surface area contributed by atoms with Crippen molar-refractivity contribution >= 4 is 23.2 Å². The molecule has 1 amide bonds. The van der Waals surface area contributed by atoms with Gasteiger partial charge < -0.3 is 10.4 Å². The van der Waals surface area contributed by atoms with Gasteiger partial charge in [0.15, 0.2) is 0 Å². The van der Waals surface area contributed by atoms with Crippen molar-refractivity contribution in [2.75, 3.05) is 0 Å². The summed E-state index contributed by atoms with van der Waals surface area (Å²) in [6.07, 6.45) is 0. The number of thiophene rings is 1. The van der Waals surface area contributed by atoms with Gasteiger partial charge in [0.1, 0.15) is 0 Å². The van der Waals surface area contributed by atoms with Gasteiger partial charge in [0.05, 0.1) is 28.4 Å². The number of nitrogens with one attached hydrogen (secondary N) is 1. The van der Waals surface area contributed by atoms with E-state index in [0.717, 1.165) is 4.88 Å². The van der Waals surface area contributed by atoms with Crippen LogP contribution >= 0.6 is 11.3 Å². The standard InChI is InChI=1S/C17H20N2O3S/c1-10-12(16(21)22)6-5-11(19-10)9-18-15(20)13-7-8-14(23-13)17(2,3)4/h5-8H,9H2,1-4H3,(H,18,20)(H,21,22). The van der Waals surface area contributed by atoms with E-state index < -0.39 is 5.97 Å². The SMILES string of the molecule is Cc1nc(CNC(=O)c2ccc(C(C)(C)C)s2)ccc1C(=O)O. The van der Waals surface area contributed by atoms with Crippen LogP contribution in [0.1, 0.15) is 57.1 Å². The number of carboxylic acids is 1. The van der Waals surface area contributed by atoms with Crippen molar-refractivity contribution < 1.29 is 14.7 Å². The van der Waals surface area contributed by atoms with Gasteiger partial charge in [0.2, 0.25) is 0 Å². The molecule has 0 spiro atoms. The molecule has 0 saturated carbocycles. The molecular formula is C17H20N2O3S. The van der Waals surface area contributed by atoms with E-state index in [0.29, 0.717) is 16.3 Å². The number of aromatic carboxylic acids is 1. The zero-order valence-corrected chi connectivity index (χ0v) is 14.5. The van der Waals surface area contributed by atoms with Crippen molar-refractivity contribution in [2.45, 2.75) is 39.7 Å². The molecule has 0 aliphatic heterocycles. The average molecular weight is 332 g/mol. The Morgan fingerprint density at radius 3 is 2.43 bits per heavy atom. The molecule has 0 fully saturated rings. The Labute approximate surface area is 139 Å². The van der Waals surface area contributed by atoms with Crippen LogP contribution in [0.4, 0.5) is 0 Å². The molecule has 2 aromatic heterocycles. The molecule has 6 heteroatoms. The highest BCUT2D eigenvalue weighted by Crippen LogP contribution is 2.29. The summed E-state index contributed by atoms with van der Waals surface area (Å²) >= 11 is 1.48. The van der Waals surface area contributed by atoms with E-state index in [4.69, 9.17) is 5.11 Å². The minimum atomic E-state index is -1.00. The first-order chi connectivity index (χ1) is 10.7. The second-order valence-electron chi connectivity index (χ2n) is 6.34. The van der Waals surface area contributed by atoms with Crippen molar-refractivity contribution in [1.29, 1.82) is 0 Å². The number of carbonyl (C=O) groups is 2. The van der Waals surface area contributed by atoms with Gasteiger partial charge in [-0.05, 0) is 36.6 Å². The molecule has 0 saturated heterocycles. The van der Waals surface area contributed by atoms with Gasteiger partial charge in [0.25, 0.3) is 5.91 Å². The van der Waals surface area contributed by atoms with E-state index >= 15 is 0 Å². The largest absolute Gasteiger partial charge is 0.478 e. The Bertz CT molecular complexity index is 745. The first-order valence-electron chi connectivity index (χ1n) is 7.27. The Hall–Kier alpha value is -2.21. The molecule has 0 atom stereocenters. The van der Waals surface area contributed by atoms with Gasteiger partial charge in [0, 0.05) is 4.88 Å². The second kappa shape index (κ2) is 6.50. The highest BCUT2D eigenvalue weighted by atomic mass is 32.1. The number of carboxylic acid groups (broad SMARTS) is 1. The van der Waals surface area contributed by atoms with E-state index in [1.54, 1.807) is 13.0 Å². The topological polar surface area (TPSA) is 79.3 Å². The highest BCUT2D eigenvalue weighted by Gasteiger charge is 2.18. The molecule has 0 aliphatic rings. The van der Waals surface area contributed by atoms with Crippen molar-refractivity contribution in [3.63, 3.8) is 0 Å². The summed E-state index contributed by atoms with van der Waals surface area (Å²) in [7, 11) is 0. The summed E-state index contributed by atoms with van der Waals surface area (Å²) in [5, 5.41) is 11.8. The molecule has 2 heterocycles. The molecule has 5 nitrogen and oxygen atoms in total. The summed E-state index contributed by atoms with van der Waals surface area (Å²) in [4.78, 5) is 29.2. The molecule has 0 radical (unpaired) electrons. The molecule has 23 heavy (non-hydrogen) atoms. The molecule has 0 aliphatic carbocycles. The van der Waals surface area contributed by atoms with Gasteiger partial charge >= 0.3 is 5.97 Å². The first-order valence-corrected chi connectivity index (χ1v) is 8.08. The highest BCUT2D eigenvalue weighted by molar-refractivity contribution is 7.14. The maximum Gasteiger partial charge on any atom is 0.337 e. The Morgan fingerprint density at radius 1 is 1.22 bits per heavy atom. The van der Waals surface area contributed by atoms with Crippen LogP contribution in [-0.4, -0.2) is 22.0 Å². The molecule has 0 unspecified atom stereocenters. The second-order valence-corrected chi connectivity index (χ2v) is 7.42. The molecule has 2 N–H and O–H groups in total. The van der Waals surface area contributed by atoms with Gasteiger partial charge in [-0.25, -0.2) is 4.79 Å². The molecule has 122 valence electrons. The predicted octanol–water partition coefficient (Wildman–Crippen LogP) is 3.38. The maximum atomic E-state index is 12.2.